The van der Waals surface area contributed by atoms with E-state index < -0.39 is 17.8 Å². The molecule has 0 spiro atoms. The zero-order chi connectivity index (χ0) is 22.8. The molecule has 0 atom stereocenters. The van der Waals surface area contributed by atoms with Crippen molar-refractivity contribution in [3.63, 3.8) is 0 Å². The number of amides is 1. The van der Waals surface area contributed by atoms with Crippen LogP contribution in [0.5, 0.6) is 0 Å². The average Bonchev–Trinajstić information content (AvgIpc) is 3.39. The first-order chi connectivity index (χ1) is 15.4. The molecule has 0 saturated heterocycles. The Morgan fingerprint density at radius 2 is 1.72 bits per heavy atom. The summed E-state index contributed by atoms with van der Waals surface area (Å²) < 4.78 is 11.2. The predicted molar refractivity (Wildman–Crippen MR) is 120 cm³/mol. The van der Waals surface area contributed by atoms with Crippen LogP contribution in [0.2, 0.25) is 0 Å². The lowest BCUT2D eigenvalue weighted by Gasteiger charge is -2.11. The highest BCUT2D eigenvalue weighted by atomic mass is 32.1. The molecule has 2 heterocycles. The molecule has 4 aromatic rings. The van der Waals surface area contributed by atoms with Gasteiger partial charge in [0.1, 0.15) is 5.69 Å². The Morgan fingerprint density at radius 3 is 2.41 bits per heavy atom. The Morgan fingerprint density at radius 1 is 1.00 bits per heavy atom. The third-order valence-corrected chi connectivity index (χ3v) is 5.72. The van der Waals surface area contributed by atoms with Crippen molar-refractivity contribution in [1.82, 2.24) is 9.38 Å². The van der Waals surface area contributed by atoms with Crippen LogP contribution in [-0.2, 0) is 9.47 Å². The number of anilines is 1. The minimum absolute atomic E-state index is 0.117. The number of esters is 2. The van der Waals surface area contributed by atoms with E-state index in [0.717, 1.165) is 16.8 Å². The second-order valence-electron chi connectivity index (χ2n) is 6.96. The van der Waals surface area contributed by atoms with E-state index in [-0.39, 0.29) is 16.8 Å². The molecule has 0 saturated carbocycles. The maximum absolute atomic E-state index is 13.1. The number of benzene rings is 2. The van der Waals surface area contributed by atoms with Gasteiger partial charge in [-0.2, -0.15) is 0 Å². The van der Waals surface area contributed by atoms with Gasteiger partial charge in [-0.1, -0.05) is 29.8 Å². The van der Waals surface area contributed by atoms with Gasteiger partial charge in [0.15, 0.2) is 4.96 Å². The zero-order valence-electron chi connectivity index (χ0n) is 17.5. The van der Waals surface area contributed by atoms with Gasteiger partial charge in [-0.25, -0.2) is 14.6 Å². The molecule has 0 aliphatic heterocycles. The van der Waals surface area contributed by atoms with Gasteiger partial charge in [0, 0.05) is 17.1 Å². The molecule has 162 valence electrons. The number of carbonyl (C=O) groups is 3. The maximum Gasteiger partial charge on any atom is 0.339 e. The Balaban J connectivity index is 1.68. The minimum atomic E-state index is -0.642. The average molecular weight is 449 g/mol. The lowest BCUT2D eigenvalue weighted by atomic mass is 10.1. The second kappa shape index (κ2) is 8.64. The van der Waals surface area contributed by atoms with E-state index in [1.165, 1.54) is 43.8 Å². The molecular formula is C23H19N3O5S. The molecule has 1 amide bonds. The highest BCUT2D eigenvalue weighted by Gasteiger charge is 2.20. The van der Waals surface area contributed by atoms with E-state index in [9.17, 15) is 14.4 Å². The van der Waals surface area contributed by atoms with E-state index in [2.05, 4.69) is 10.3 Å². The van der Waals surface area contributed by atoms with Crippen molar-refractivity contribution in [2.45, 2.75) is 6.92 Å². The number of fused-ring (bicyclic) bond motifs is 1. The number of hydrogen-bond donors (Lipinski definition) is 1. The normalized spacial score (nSPS) is 10.7. The van der Waals surface area contributed by atoms with Crippen molar-refractivity contribution < 1.29 is 23.9 Å². The summed E-state index contributed by atoms with van der Waals surface area (Å²) in [7, 11) is 2.49. The quantitative estimate of drug-likeness (QED) is 0.459. The van der Waals surface area contributed by atoms with Gasteiger partial charge in [0.05, 0.1) is 36.7 Å². The van der Waals surface area contributed by atoms with Crippen LogP contribution in [0.25, 0.3) is 16.2 Å². The third-order valence-electron chi connectivity index (χ3n) is 4.88. The van der Waals surface area contributed by atoms with Crippen molar-refractivity contribution >= 4 is 39.8 Å². The van der Waals surface area contributed by atoms with Crippen LogP contribution in [0.3, 0.4) is 0 Å². The standard InChI is InChI=1S/C23H19N3O5S/c1-13-4-6-14(7-5-13)18-11-26-19(12-32-23(26)25-18)20(27)24-17-10-15(21(28)30-2)8-9-16(17)22(29)31-3/h4-12H,1-3H3,(H,24,27). The molecule has 0 aliphatic carbocycles. The molecular weight excluding hydrogens is 430 g/mol. The molecule has 2 aromatic carbocycles. The zero-order valence-corrected chi connectivity index (χ0v) is 18.4. The number of thiazole rings is 1. The van der Waals surface area contributed by atoms with Crippen molar-refractivity contribution in [3.05, 3.63) is 76.4 Å². The van der Waals surface area contributed by atoms with Crippen molar-refractivity contribution in [1.29, 1.82) is 0 Å². The fraction of sp³-hybridized carbons (Fsp3) is 0.130. The highest BCUT2D eigenvalue weighted by molar-refractivity contribution is 7.15. The fourth-order valence-corrected chi connectivity index (χ4v) is 4.03. The van der Waals surface area contributed by atoms with Gasteiger partial charge >= 0.3 is 11.9 Å². The van der Waals surface area contributed by atoms with Gasteiger partial charge in [0.2, 0.25) is 0 Å². The number of nitrogens with one attached hydrogen (secondary N) is 1. The smallest absolute Gasteiger partial charge is 0.339 e. The van der Waals surface area contributed by atoms with E-state index in [4.69, 9.17) is 9.47 Å². The lowest BCUT2D eigenvalue weighted by molar-refractivity contribution is 0.0587. The number of methoxy groups -OCH3 is 2. The van der Waals surface area contributed by atoms with Gasteiger partial charge in [-0.05, 0) is 25.1 Å². The molecule has 1 N–H and O–H groups in total. The largest absolute Gasteiger partial charge is 0.465 e. The Hall–Kier alpha value is -3.98. The van der Waals surface area contributed by atoms with Crippen LogP contribution in [0.1, 0.15) is 36.8 Å². The monoisotopic (exact) mass is 449 g/mol. The molecule has 4 rings (SSSR count). The van der Waals surface area contributed by atoms with Gasteiger partial charge in [-0.15, -0.1) is 11.3 Å². The molecule has 2 aromatic heterocycles. The minimum Gasteiger partial charge on any atom is -0.465 e. The number of hydrogen-bond acceptors (Lipinski definition) is 7. The van der Waals surface area contributed by atoms with Crippen LogP contribution in [0.15, 0.2) is 54.0 Å². The number of carbonyl (C=O) groups excluding carboxylic acids is 3. The van der Waals surface area contributed by atoms with Crippen LogP contribution >= 0.6 is 11.3 Å². The summed E-state index contributed by atoms with van der Waals surface area (Å²) in [6.45, 7) is 2.01. The first-order valence-electron chi connectivity index (χ1n) is 9.57. The molecule has 8 nitrogen and oxygen atoms in total. The molecule has 0 fully saturated rings. The van der Waals surface area contributed by atoms with Crippen molar-refractivity contribution in [2.24, 2.45) is 0 Å². The summed E-state index contributed by atoms with van der Waals surface area (Å²) in [6.07, 6.45) is 1.79. The molecule has 0 bridgehead atoms. The molecule has 32 heavy (non-hydrogen) atoms. The molecule has 0 unspecified atom stereocenters. The molecule has 0 radical (unpaired) electrons. The SMILES string of the molecule is COC(=O)c1ccc(C(=O)OC)c(NC(=O)c2csc3nc(-c4ccc(C)cc4)cn23)c1. The number of rotatable bonds is 5. The first kappa shape index (κ1) is 21.3. The number of imidazole rings is 1. The fourth-order valence-electron chi connectivity index (χ4n) is 3.18. The Bertz CT molecular complexity index is 1340. The topological polar surface area (TPSA) is 99.0 Å². The van der Waals surface area contributed by atoms with Crippen LogP contribution in [0.4, 0.5) is 5.69 Å². The van der Waals surface area contributed by atoms with Gasteiger partial charge in [-0.3, -0.25) is 9.20 Å². The van der Waals surface area contributed by atoms with E-state index in [0.29, 0.717) is 10.7 Å². The van der Waals surface area contributed by atoms with Crippen LogP contribution < -0.4 is 5.32 Å². The number of aromatic nitrogens is 2. The summed E-state index contributed by atoms with van der Waals surface area (Å²) >= 11 is 1.32. The number of nitrogens with zero attached hydrogens (tertiary/aromatic N) is 2. The predicted octanol–water partition coefficient (Wildman–Crippen LogP) is 4.20. The van der Waals surface area contributed by atoms with Crippen LogP contribution in [0, 0.1) is 6.92 Å². The number of ether oxygens (including phenoxy) is 2. The Kier molecular flexibility index (Phi) is 5.74. The lowest BCUT2D eigenvalue weighted by Crippen LogP contribution is -2.17. The maximum atomic E-state index is 13.1. The van der Waals surface area contributed by atoms with E-state index in [1.54, 1.807) is 16.0 Å². The Labute approximate surface area is 187 Å². The highest BCUT2D eigenvalue weighted by Crippen LogP contribution is 2.26. The van der Waals surface area contributed by atoms with Crippen molar-refractivity contribution in [2.75, 3.05) is 19.5 Å². The molecule has 0 aliphatic rings. The van der Waals surface area contributed by atoms with Crippen LogP contribution in [-0.4, -0.2) is 41.5 Å². The summed E-state index contributed by atoms with van der Waals surface area (Å²) in [5.74, 6) is -1.69. The third kappa shape index (κ3) is 3.97. The summed E-state index contributed by atoms with van der Waals surface area (Å²) in [6, 6.07) is 12.2. The summed E-state index contributed by atoms with van der Waals surface area (Å²) in [5.41, 5.74) is 3.62. The summed E-state index contributed by atoms with van der Waals surface area (Å²) in [5, 5.41) is 4.39. The molecule has 9 heteroatoms. The van der Waals surface area contributed by atoms with Gasteiger partial charge in [0.25, 0.3) is 5.91 Å². The number of aryl methyl sites for hydroxylation is 1. The second-order valence-corrected chi connectivity index (χ2v) is 7.80. The first-order valence-corrected chi connectivity index (χ1v) is 10.4. The van der Waals surface area contributed by atoms with E-state index in [1.807, 2.05) is 31.2 Å². The van der Waals surface area contributed by atoms with Gasteiger partial charge < -0.3 is 14.8 Å². The summed E-state index contributed by atoms with van der Waals surface area (Å²) in [4.78, 5) is 42.4. The van der Waals surface area contributed by atoms with E-state index >= 15 is 0 Å². The van der Waals surface area contributed by atoms with Crippen molar-refractivity contribution in [3.8, 4) is 11.3 Å².